The maximum absolute atomic E-state index is 9.83. The standard InChI is InChI=1S/C13H21O2PS2/c1-5-15-16(14,17)18-10-11-6-8-12(9-7-11)13(2,3)4/h6-9H,5,10H2,1-4H3,(H,14,17). The lowest BCUT2D eigenvalue weighted by atomic mass is 9.87. The van der Waals surface area contributed by atoms with Gasteiger partial charge in [-0.05, 0) is 35.3 Å². The molecule has 102 valence electrons. The van der Waals surface area contributed by atoms with Gasteiger partial charge < -0.3 is 9.42 Å². The van der Waals surface area contributed by atoms with Gasteiger partial charge >= 0.3 is 0 Å². The molecule has 0 amide bonds. The van der Waals surface area contributed by atoms with E-state index >= 15 is 0 Å². The summed E-state index contributed by atoms with van der Waals surface area (Å²) in [7, 11) is 0. The van der Waals surface area contributed by atoms with Gasteiger partial charge in [0.15, 0.2) is 0 Å². The van der Waals surface area contributed by atoms with Crippen molar-refractivity contribution < 1.29 is 9.42 Å². The van der Waals surface area contributed by atoms with Crippen molar-refractivity contribution in [3.8, 4) is 0 Å². The molecule has 0 aliphatic carbocycles. The maximum Gasteiger partial charge on any atom is 0.245 e. The summed E-state index contributed by atoms with van der Waals surface area (Å²) in [5.41, 5.74) is -0.0103. The van der Waals surface area contributed by atoms with Crippen LogP contribution in [-0.4, -0.2) is 11.5 Å². The topological polar surface area (TPSA) is 29.5 Å². The van der Waals surface area contributed by atoms with Gasteiger partial charge in [0.2, 0.25) is 5.69 Å². The van der Waals surface area contributed by atoms with E-state index in [1.165, 1.54) is 16.9 Å². The minimum absolute atomic E-state index is 0.169. The first-order valence-electron chi connectivity index (χ1n) is 5.96. The van der Waals surface area contributed by atoms with Gasteiger partial charge in [0.1, 0.15) is 0 Å². The second-order valence-corrected chi connectivity index (χ2v) is 11.3. The van der Waals surface area contributed by atoms with Crippen LogP contribution in [-0.2, 0) is 27.5 Å². The van der Waals surface area contributed by atoms with Gasteiger partial charge in [0, 0.05) is 5.75 Å². The molecule has 1 atom stereocenters. The number of benzene rings is 1. The molecule has 18 heavy (non-hydrogen) atoms. The van der Waals surface area contributed by atoms with Crippen LogP contribution in [0.3, 0.4) is 0 Å². The van der Waals surface area contributed by atoms with Crippen LogP contribution in [0.4, 0.5) is 0 Å². The van der Waals surface area contributed by atoms with E-state index in [1.807, 2.05) is 6.92 Å². The molecule has 1 aromatic rings. The van der Waals surface area contributed by atoms with Gasteiger partial charge in [-0.25, -0.2) is 0 Å². The average molecular weight is 304 g/mol. The summed E-state index contributed by atoms with van der Waals surface area (Å²) in [6.45, 7) is 8.89. The molecule has 0 aromatic heterocycles. The highest BCUT2D eigenvalue weighted by Gasteiger charge is 2.15. The van der Waals surface area contributed by atoms with Crippen LogP contribution in [0.15, 0.2) is 24.3 Å². The van der Waals surface area contributed by atoms with E-state index in [0.29, 0.717) is 12.4 Å². The highest BCUT2D eigenvalue weighted by Crippen LogP contribution is 2.57. The van der Waals surface area contributed by atoms with Crippen LogP contribution < -0.4 is 0 Å². The van der Waals surface area contributed by atoms with E-state index in [9.17, 15) is 4.89 Å². The van der Waals surface area contributed by atoms with E-state index < -0.39 is 5.69 Å². The molecule has 0 heterocycles. The zero-order chi connectivity index (χ0) is 13.8. The SMILES string of the molecule is CCOP(O)(=S)SCc1ccc(C(C)(C)C)cc1. The van der Waals surface area contributed by atoms with Gasteiger partial charge in [0.25, 0.3) is 0 Å². The minimum Gasteiger partial charge on any atom is -0.337 e. The Morgan fingerprint density at radius 2 is 1.83 bits per heavy atom. The molecule has 2 nitrogen and oxygen atoms in total. The molecule has 1 unspecified atom stereocenters. The van der Waals surface area contributed by atoms with Crippen molar-refractivity contribution in [2.75, 3.05) is 6.61 Å². The lowest BCUT2D eigenvalue weighted by Gasteiger charge is -2.19. The third-order valence-corrected chi connectivity index (χ3v) is 6.83. The summed E-state index contributed by atoms with van der Waals surface area (Å²) in [5, 5.41) is 0. The van der Waals surface area contributed by atoms with Crippen LogP contribution in [0.1, 0.15) is 38.8 Å². The molecule has 0 saturated carbocycles. The molecule has 0 bridgehead atoms. The van der Waals surface area contributed by atoms with E-state index in [-0.39, 0.29) is 5.41 Å². The molecular weight excluding hydrogens is 283 g/mol. The Morgan fingerprint density at radius 1 is 1.28 bits per heavy atom. The van der Waals surface area contributed by atoms with Crippen LogP contribution in [0, 0.1) is 0 Å². The van der Waals surface area contributed by atoms with E-state index in [0.717, 1.165) is 5.56 Å². The third-order valence-electron chi connectivity index (χ3n) is 2.51. The Hall–Kier alpha value is 0.140. The zero-order valence-corrected chi connectivity index (χ0v) is 13.9. The van der Waals surface area contributed by atoms with Crippen molar-refractivity contribution in [2.24, 2.45) is 0 Å². The van der Waals surface area contributed by atoms with Gasteiger partial charge in [-0.2, -0.15) is 0 Å². The van der Waals surface area contributed by atoms with Crippen molar-refractivity contribution in [3.63, 3.8) is 0 Å². The summed E-state index contributed by atoms with van der Waals surface area (Å²) in [5.74, 6) is 0.693. The monoisotopic (exact) mass is 304 g/mol. The molecule has 1 aromatic carbocycles. The van der Waals surface area contributed by atoms with Crippen LogP contribution >= 0.6 is 17.1 Å². The Bertz CT molecular complexity index is 424. The molecular formula is C13H21O2PS2. The smallest absolute Gasteiger partial charge is 0.245 e. The van der Waals surface area contributed by atoms with Crippen molar-refractivity contribution >= 4 is 28.9 Å². The number of hydrogen-bond donors (Lipinski definition) is 1. The first kappa shape index (κ1) is 16.2. The van der Waals surface area contributed by atoms with Crippen LogP contribution in [0.25, 0.3) is 0 Å². The Morgan fingerprint density at radius 3 is 2.28 bits per heavy atom. The summed E-state index contributed by atoms with van der Waals surface area (Å²) >= 11 is 6.36. The molecule has 1 N–H and O–H groups in total. The van der Waals surface area contributed by atoms with Gasteiger partial charge in [-0.3, -0.25) is 0 Å². The average Bonchev–Trinajstić information content (AvgIpc) is 2.26. The summed E-state index contributed by atoms with van der Waals surface area (Å²) in [6.07, 6.45) is 0. The predicted molar refractivity (Wildman–Crippen MR) is 84.6 cm³/mol. The second kappa shape index (κ2) is 6.53. The summed E-state index contributed by atoms with van der Waals surface area (Å²) in [6, 6.07) is 8.46. The highest BCUT2D eigenvalue weighted by atomic mass is 32.9. The van der Waals surface area contributed by atoms with Gasteiger partial charge in [-0.15, -0.1) is 0 Å². The largest absolute Gasteiger partial charge is 0.337 e. The predicted octanol–water partition coefficient (Wildman–Crippen LogP) is 4.47. The quantitative estimate of drug-likeness (QED) is 0.813. The normalized spacial score (nSPS) is 15.4. The van der Waals surface area contributed by atoms with Crippen molar-refractivity contribution in [1.82, 2.24) is 0 Å². The van der Waals surface area contributed by atoms with Crippen LogP contribution in [0.5, 0.6) is 0 Å². The summed E-state index contributed by atoms with van der Waals surface area (Å²) in [4.78, 5) is 9.83. The fraction of sp³-hybridized carbons (Fsp3) is 0.538. The van der Waals surface area contributed by atoms with Crippen molar-refractivity contribution in [1.29, 1.82) is 0 Å². The van der Waals surface area contributed by atoms with Crippen molar-refractivity contribution in [2.45, 2.75) is 38.9 Å². The van der Waals surface area contributed by atoms with Crippen LogP contribution in [0.2, 0.25) is 0 Å². The first-order valence-corrected chi connectivity index (χ1v) is 10.2. The Balaban J connectivity index is 2.62. The van der Waals surface area contributed by atoms with Gasteiger partial charge in [0.05, 0.1) is 6.61 Å². The molecule has 1 rings (SSSR count). The molecule has 0 radical (unpaired) electrons. The maximum atomic E-state index is 9.83. The molecule has 0 aliphatic rings. The zero-order valence-electron chi connectivity index (χ0n) is 11.3. The Kier molecular flexibility index (Phi) is 5.88. The fourth-order valence-electron chi connectivity index (χ4n) is 1.46. The fourth-order valence-corrected chi connectivity index (χ4v) is 4.63. The number of hydrogen-bond acceptors (Lipinski definition) is 3. The molecule has 0 aliphatic heterocycles. The lowest BCUT2D eigenvalue weighted by molar-refractivity contribution is 0.340. The minimum atomic E-state index is -2.65. The lowest BCUT2D eigenvalue weighted by Crippen LogP contribution is -2.10. The van der Waals surface area contributed by atoms with Gasteiger partial charge in [-0.1, -0.05) is 56.4 Å². The number of rotatable bonds is 5. The molecule has 0 spiro atoms. The Labute approximate surface area is 119 Å². The highest BCUT2D eigenvalue weighted by molar-refractivity contribution is 8.67. The third kappa shape index (κ3) is 5.41. The van der Waals surface area contributed by atoms with E-state index in [2.05, 4.69) is 45.0 Å². The van der Waals surface area contributed by atoms with E-state index in [1.54, 1.807) is 0 Å². The molecule has 5 heteroatoms. The summed E-state index contributed by atoms with van der Waals surface area (Å²) < 4.78 is 5.17. The van der Waals surface area contributed by atoms with Crippen molar-refractivity contribution in [3.05, 3.63) is 35.4 Å². The van der Waals surface area contributed by atoms with E-state index in [4.69, 9.17) is 16.3 Å². The molecule has 0 fully saturated rings. The second-order valence-electron chi connectivity index (χ2n) is 5.11. The molecule has 0 saturated heterocycles. The first-order chi connectivity index (χ1) is 8.24.